The van der Waals surface area contributed by atoms with Gasteiger partial charge in [-0.05, 0) is 13.8 Å². The number of carbonyl (C=O) groups is 1. The van der Waals surface area contributed by atoms with Gasteiger partial charge >= 0.3 is 6.09 Å². The van der Waals surface area contributed by atoms with Gasteiger partial charge in [-0.15, -0.1) is 0 Å². The van der Waals surface area contributed by atoms with Gasteiger partial charge in [0.05, 0.1) is 6.10 Å². The number of nitrogens with two attached hydrogens (primary N) is 1. The Bertz CT molecular complexity index is 74.4. The molecule has 0 saturated heterocycles. The first-order valence-electron chi connectivity index (χ1n) is 2.09. The second kappa shape index (κ2) is 2.44. The number of rotatable bonds is 1. The highest BCUT2D eigenvalue weighted by atomic mass is 16.6. The normalized spacial score (nSPS) is 9.00. The standard InChI is InChI=1S/C4H9NO2.H2/c1-3(2)7-4(5)6;/h3H,1-2H3,(H2,5,6);1H. The summed E-state index contributed by atoms with van der Waals surface area (Å²) in [5, 5.41) is 0. The Labute approximate surface area is 43.9 Å². The Morgan fingerprint density at radius 2 is 2.29 bits per heavy atom. The lowest BCUT2D eigenvalue weighted by molar-refractivity contribution is 0.125. The van der Waals surface area contributed by atoms with Crippen LogP contribution in [-0.4, -0.2) is 12.2 Å². The minimum Gasteiger partial charge on any atom is -0.447 e. The molecule has 2 N–H and O–H groups in total. The van der Waals surface area contributed by atoms with Gasteiger partial charge in [0, 0.05) is 1.43 Å². The van der Waals surface area contributed by atoms with Gasteiger partial charge in [-0.3, -0.25) is 0 Å². The SMILES string of the molecule is CC(C)OC(N)=O.[HH]. The summed E-state index contributed by atoms with van der Waals surface area (Å²) in [5.74, 6) is 0. The van der Waals surface area contributed by atoms with E-state index in [9.17, 15) is 4.79 Å². The van der Waals surface area contributed by atoms with Crippen molar-refractivity contribution in [3.63, 3.8) is 0 Å². The van der Waals surface area contributed by atoms with Crippen LogP contribution in [0.3, 0.4) is 0 Å². The first kappa shape index (κ1) is 6.27. The maximum atomic E-state index is 9.81. The lowest BCUT2D eigenvalue weighted by atomic mass is 10.5. The average molecular weight is 105 g/mol. The summed E-state index contributed by atoms with van der Waals surface area (Å²) >= 11 is 0. The van der Waals surface area contributed by atoms with Gasteiger partial charge in [0.2, 0.25) is 0 Å². The summed E-state index contributed by atoms with van der Waals surface area (Å²) < 4.78 is 4.39. The van der Waals surface area contributed by atoms with Gasteiger partial charge in [-0.1, -0.05) is 0 Å². The fourth-order valence-electron chi connectivity index (χ4n) is 0.232. The average Bonchev–Trinajstić information content (AvgIpc) is 1.27. The van der Waals surface area contributed by atoms with Crippen LogP contribution in [0.2, 0.25) is 0 Å². The molecule has 44 valence electrons. The molecule has 0 bridgehead atoms. The van der Waals surface area contributed by atoms with E-state index in [0.717, 1.165) is 0 Å². The summed E-state index contributed by atoms with van der Waals surface area (Å²) in [5.41, 5.74) is 4.63. The Balaban J connectivity index is 0. The van der Waals surface area contributed by atoms with Crippen molar-refractivity contribution in [2.45, 2.75) is 20.0 Å². The van der Waals surface area contributed by atoms with Crippen molar-refractivity contribution in [1.82, 2.24) is 0 Å². The van der Waals surface area contributed by atoms with Crippen molar-refractivity contribution in [3.05, 3.63) is 0 Å². The van der Waals surface area contributed by atoms with Crippen LogP contribution in [0.15, 0.2) is 0 Å². The predicted octanol–water partition coefficient (Wildman–Crippen LogP) is 0.736. The van der Waals surface area contributed by atoms with Crippen LogP contribution in [0.25, 0.3) is 0 Å². The molecule has 0 aromatic rings. The first-order chi connectivity index (χ1) is 3.13. The molecule has 0 aliphatic carbocycles. The first-order valence-corrected chi connectivity index (χ1v) is 2.09. The highest BCUT2D eigenvalue weighted by Crippen LogP contribution is 1.83. The molecule has 0 radical (unpaired) electrons. The number of hydrogen-bond acceptors (Lipinski definition) is 2. The highest BCUT2D eigenvalue weighted by Gasteiger charge is 1.94. The van der Waals surface area contributed by atoms with E-state index < -0.39 is 6.09 Å². The molecule has 7 heavy (non-hydrogen) atoms. The molecule has 0 fully saturated rings. The van der Waals surface area contributed by atoms with Crippen LogP contribution in [0.5, 0.6) is 0 Å². The zero-order valence-electron chi connectivity index (χ0n) is 4.47. The van der Waals surface area contributed by atoms with Gasteiger partial charge < -0.3 is 10.5 Å². The number of ether oxygens (including phenoxy) is 1. The van der Waals surface area contributed by atoms with Crippen molar-refractivity contribution in [3.8, 4) is 0 Å². The number of amides is 1. The minimum atomic E-state index is -0.713. The van der Waals surface area contributed by atoms with E-state index in [1.807, 2.05) is 0 Å². The van der Waals surface area contributed by atoms with Crippen LogP contribution < -0.4 is 5.73 Å². The molecule has 0 aromatic carbocycles. The number of hydrogen-bond donors (Lipinski definition) is 1. The zero-order valence-corrected chi connectivity index (χ0v) is 4.47. The third-order valence-corrected chi connectivity index (χ3v) is 0.352. The molecular formula is C4H11NO2. The van der Waals surface area contributed by atoms with Gasteiger partial charge in [0.15, 0.2) is 0 Å². The van der Waals surface area contributed by atoms with Crippen molar-refractivity contribution >= 4 is 6.09 Å². The topological polar surface area (TPSA) is 52.3 Å². The second-order valence-electron chi connectivity index (χ2n) is 1.49. The molecule has 0 atom stereocenters. The van der Waals surface area contributed by atoms with Crippen LogP contribution in [0, 0.1) is 0 Å². The fraction of sp³-hybridized carbons (Fsp3) is 0.750. The quantitative estimate of drug-likeness (QED) is 0.534. The third-order valence-electron chi connectivity index (χ3n) is 0.352. The maximum Gasteiger partial charge on any atom is 0.404 e. The molecule has 0 saturated carbocycles. The molecule has 3 nitrogen and oxygen atoms in total. The maximum absolute atomic E-state index is 9.81. The molecule has 1 amide bonds. The monoisotopic (exact) mass is 105 g/mol. The molecule has 0 aromatic heterocycles. The number of primary amides is 1. The van der Waals surface area contributed by atoms with E-state index in [-0.39, 0.29) is 7.53 Å². The van der Waals surface area contributed by atoms with Crippen molar-refractivity contribution in [2.75, 3.05) is 0 Å². The Kier molecular flexibility index (Phi) is 2.19. The van der Waals surface area contributed by atoms with Gasteiger partial charge in [-0.2, -0.15) is 0 Å². The van der Waals surface area contributed by atoms with Crippen molar-refractivity contribution < 1.29 is 11.0 Å². The van der Waals surface area contributed by atoms with Crippen LogP contribution in [0.1, 0.15) is 15.3 Å². The summed E-state index contributed by atoms with van der Waals surface area (Å²) in [6.45, 7) is 3.48. The molecule has 0 unspecified atom stereocenters. The van der Waals surface area contributed by atoms with E-state index >= 15 is 0 Å². The highest BCUT2D eigenvalue weighted by molar-refractivity contribution is 5.64. The van der Waals surface area contributed by atoms with E-state index in [1.54, 1.807) is 13.8 Å². The fourth-order valence-corrected chi connectivity index (χ4v) is 0.232. The number of carbonyl (C=O) groups excluding carboxylic acids is 1. The Morgan fingerprint density at radius 1 is 1.86 bits per heavy atom. The molecule has 0 aliphatic heterocycles. The molecule has 0 rings (SSSR count). The van der Waals surface area contributed by atoms with Gasteiger partial charge in [-0.25, -0.2) is 4.79 Å². The molecular weight excluding hydrogens is 94.0 g/mol. The Hall–Kier alpha value is -0.730. The smallest absolute Gasteiger partial charge is 0.404 e. The summed E-state index contributed by atoms with van der Waals surface area (Å²) in [6.07, 6.45) is -0.813. The minimum absolute atomic E-state index is 0. The van der Waals surface area contributed by atoms with Crippen LogP contribution in [0.4, 0.5) is 4.79 Å². The lowest BCUT2D eigenvalue weighted by Crippen LogP contribution is -2.17. The predicted molar refractivity (Wildman–Crippen MR) is 27.9 cm³/mol. The molecule has 3 heteroatoms. The van der Waals surface area contributed by atoms with E-state index in [2.05, 4.69) is 10.5 Å². The lowest BCUT2D eigenvalue weighted by Gasteiger charge is -2.01. The molecule has 0 aliphatic rings. The summed E-state index contributed by atoms with van der Waals surface area (Å²) in [4.78, 5) is 9.81. The third kappa shape index (κ3) is 5.27. The van der Waals surface area contributed by atoms with Crippen LogP contribution in [-0.2, 0) is 4.74 Å². The van der Waals surface area contributed by atoms with E-state index in [4.69, 9.17) is 0 Å². The largest absolute Gasteiger partial charge is 0.447 e. The van der Waals surface area contributed by atoms with Gasteiger partial charge in [0.25, 0.3) is 0 Å². The van der Waals surface area contributed by atoms with Gasteiger partial charge in [0.1, 0.15) is 0 Å². The Morgan fingerprint density at radius 3 is 2.29 bits per heavy atom. The van der Waals surface area contributed by atoms with E-state index in [1.165, 1.54) is 0 Å². The summed E-state index contributed by atoms with van der Waals surface area (Å²) in [7, 11) is 0. The van der Waals surface area contributed by atoms with Crippen molar-refractivity contribution in [2.24, 2.45) is 5.73 Å². The van der Waals surface area contributed by atoms with E-state index in [0.29, 0.717) is 0 Å². The summed E-state index contributed by atoms with van der Waals surface area (Å²) in [6, 6.07) is 0. The zero-order chi connectivity index (χ0) is 5.86. The molecule has 0 spiro atoms. The molecule has 0 heterocycles. The second-order valence-corrected chi connectivity index (χ2v) is 1.49. The van der Waals surface area contributed by atoms with Crippen molar-refractivity contribution in [1.29, 1.82) is 0 Å². The van der Waals surface area contributed by atoms with Crippen LogP contribution >= 0.6 is 0 Å².